The molecule has 0 N–H and O–H groups in total. The number of hydrogen-bond acceptors (Lipinski definition) is 4. The summed E-state index contributed by atoms with van der Waals surface area (Å²) in [5, 5.41) is 0. The summed E-state index contributed by atoms with van der Waals surface area (Å²) in [7, 11) is 3.32. The fraction of sp³-hybridized carbons (Fsp3) is 0.200. The maximum atomic E-state index is 13.3. The first-order valence-corrected chi connectivity index (χ1v) is 10.7. The van der Waals surface area contributed by atoms with E-state index in [1.54, 1.807) is 20.7 Å². The Morgan fingerprint density at radius 3 is 2.48 bits per heavy atom. The number of hydrogen-bond donors (Lipinski definition) is 0. The first kappa shape index (κ1) is 16.6. The third-order valence-electron chi connectivity index (χ3n) is 4.61. The van der Waals surface area contributed by atoms with Gasteiger partial charge in [0.2, 0.25) is 5.91 Å². The monoisotopic (exact) mass is 383 g/mol. The number of amides is 1. The third-order valence-corrected chi connectivity index (χ3v) is 7.94. The maximum Gasteiger partial charge on any atom is 0.232 e. The van der Waals surface area contributed by atoms with Crippen molar-refractivity contribution in [3.05, 3.63) is 68.9 Å². The molecule has 1 aliphatic heterocycles. The van der Waals surface area contributed by atoms with E-state index in [1.807, 2.05) is 53.4 Å². The van der Waals surface area contributed by atoms with Gasteiger partial charge >= 0.3 is 0 Å². The van der Waals surface area contributed by atoms with Crippen LogP contribution in [0.1, 0.15) is 24.3 Å². The van der Waals surface area contributed by atoms with Gasteiger partial charge in [-0.1, -0.05) is 81.4 Å². The van der Waals surface area contributed by atoms with Crippen LogP contribution < -0.4 is 4.90 Å². The first-order valence-electron chi connectivity index (χ1n) is 8.10. The second-order valence-corrected chi connectivity index (χ2v) is 9.44. The molecular weight excluding hydrogens is 366 g/mol. The molecule has 0 radical (unpaired) electrons. The van der Waals surface area contributed by atoms with Crippen LogP contribution in [0.3, 0.4) is 0 Å². The zero-order valence-electron chi connectivity index (χ0n) is 14.0. The average Bonchev–Trinajstić information content (AvgIpc) is 2.99. The average molecular weight is 384 g/mol. The normalized spacial score (nSPS) is 14.7. The Balaban J connectivity index is 1.85. The van der Waals surface area contributed by atoms with Gasteiger partial charge in [-0.05, 0) is 25.5 Å². The topological polar surface area (TPSA) is 20.3 Å². The van der Waals surface area contributed by atoms with Gasteiger partial charge in [0.15, 0.2) is 0 Å². The molecule has 0 fully saturated rings. The Kier molecular flexibility index (Phi) is 4.10. The summed E-state index contributed by atoms with van der Waals surface area (Å²) < 4.78 is 0.913. The van der Waals surface area contributed by atoms with E-state index in [0.29, 0.717) is 6.42 Å². The number of nitrogens with zero attached hydrogens (tertiary/aromatic N) is 1. The van der Waals surface area contributed by atoms with Crippen LogP contribution in [-0.2, 0) is 16.8 Å². The minimum atomic E-state index is -0.409. The van der Waals surface area contributed by atoms with Crippen molar-refractivity contribution < 1.29 is 4.79 Å². The first-order chi connectivity index (χ1) is 12.0. The summed E-state index contributed by atoms with van der Waals surface area (Å²) in [6.07, 6.45) is 0.392. The Morgan fingerprint density at radius 1 is 1.04 bits per heavy atom. The van der Waals surface area contributed by atoms with Crippen molar-refractivity contribution in [3.63, 3.8) is 0 Å². The molecule has 1 aromatic heterocycles. The molecule has 0 spiro atoms. The number of anilines is 1. The van der Waals surface area contributed by atoms with Gasteiger partial charge in [-0.15, -0.1) is 0 Å². The molecule has 0 saturated carbocycles. The molecule has 0 saturated heterocycles. The molecule has 0 atom stereocenters. The Bertz CT molecular complexity index is 1000. The van der Waals surface area contributed by atoms with Crippen molar-refractivity contribution in [3.8, 4) is 11.1 Å². The molecule has 3 aromatic rings. The number of carbonyl (C=O) groups is 1. The fourth-order valence-electron chi connectivity index (χ4n) is 3.47. The van der Waals surface area contributed by atoms with Crippen LogP contribution in [0.5, 0.6) is 0 Å². The summed E-state index contributed by atoms with van der Waals surface area (Å²) >= 11 is 5.59. The number of para-hydroxylation sites is 1. The molecule has 5 heteroatoms. The highest BCUT2D eigenvalue weighted by atomic mass is 32.9. The van der Waals surface area contributed by atoms with Crippen LogP contribution in [0, 0.1) is 3.82 Å². The summed E-state index contributed by atoms with van der Waals surface area (Å²) in [4.78, 5) is 16.4. The minimum absolute atomic E-state index is 0.110. The molecule has 0 unspecified atom stereocenters. The molecule has 1 aliphatic rings. The van der Waals surface area contributed by atoms with Gasteiger partial charge in [-0.3, -0.25) is 4.79 Å². The molecule has 0 aliphatic carbocycles. The zero-order chi connectivity index (χ0) is 17.6. The van der Waals surface area contributed by atoms with Crippen molar-refractivity contribution in [1.82, 2.24) is 0 Å². The lowest BCUT2D eigenvalue weighted by Gasteiger charge is -2.43. The van der Waals surface area contributed by atoms with Crippen molar-refractivity contribution in [2.45, 2.75) is 25.8 Å². The number of benzene rings is 2. The lowest BCUT2D eigenvalue weighted by atomic mass is 9.87. The van der Waals surface area contributed by atoms with E-state index in [4.69, 9.17) is 12.2 Å². The van der Waals surface area contributed by atoms with Crippen molar-refractivity contribution in [2.24, 2.45) is 0 Å². The summed E-state index contributed by atoms with van der Waals surface area (Å²) in [6.45, 7) is 4.23. The highest BCUT2D eigenvalue weighted by molar-refractivity contribution is 7.80. The Hall–Kier alpha value is -1.82. The quantitative estimate of drug-likeness (QED) is 0.398. The number of carbonyl (C=O) groups excluding carboxylic acids is 1. The van der Waals surface area contributed by atoms with Crippen LogP contribution in [0.15, 0.2) is 54.6 Å². The van der Waals surface area contributed by atoms with Crippen molar-refractivity contribution >= 4 is 44.5 Å². The maximum absolute atomic E-state index is 13.3. The van der Waals surface area contributed by atoms with Gasteiger partial charge in [0, 0.05) is 11.1 Å². The van der Waals surface area contributed by atoms with E-state index >= 15 is 0 Å². The van der Waals surface area contributed by atoms with Gasteiger partial charge in [-0.2, -0.15) is 0 Å². The van der Waals surface area contributed by atoms with Crippen LogP contribution in [0.2, 0.25) is 0 Å². The largest absolute Gasteiger partial charge is 0.301 e. The minimum Gasteiger partial charge on any atom is -0.301 e. The summed E-state index contributed by atoms with van der Waals surface area (Å²) in [5.41, 5.74) is 3.78. The van der Waals surface area contributed by atoms with E-state index in [0.717, 1.165) is 26.2 Å². The van der Waals surface area contributed by atoms with Gasteiger partial charge < -0.3 is 4.90 Å². The number of rotatable bonds is 2. The van der Waals surface area contributed by atoms with E-state index < -0.39 is 5.54 Å². The predicted octanol–water partition coefficient (Wildman–Crippen LogP) is 6.03. The van der Waals surface area contributed by atoms with Crippen LogP contribution in [0.25, 0.3) is 11.1 Å². The second kappa shape index (κ2) is 6.16. The summed E-state index contributed by atoms with van der Waals surface area (Å²) in [5.74, 6) is 0.110. The van der Waals surface area contributed by atoms with E-state index in [1.165, 1.54) is 4.88 Å². The second-order valence-electron chi connectivity index (χ2n) is 6.63. The standard InChI is InChI=1S/C20H17NOS3/c1-20(2)18-17(19(23)25-24-18)14-10-6-7-11-15(14)21(20)16(22)12-13-8-4-3-5-9-13/h3-11H,12H2,1-2H3. The van der Waals surface area contributed by atoms with Crippen LogP contribution in [-0.4, -0.2) is 5.91 Å². The van der Waals surface area contributed by atoms with Crippen LogP contribution >= 0.6 is 32.9 Å². The predicted molar refractivity (Wildman–Crippen MR) is 109 cm³/mol. The molecule has 1 amide bonds. The highest BCUT2D eigenvalue weighted by Gasteiger charge is 2.42. The Morgan fingerprint density at radius 2 is 1.72 bits per heavy atom. The molecule has 4 rings (SSSR count). The number of fused-ring (bicyclic) bond motifs is 3. The molecule has 0 bridgehead atoms. The molecular formula is C20H17NOS3. The van der Waals surface area contributed by atoms with Crippen LogP contribution in [0.4, 0.5) is 5.69 Å². The summed E-state index contributed by atoms with van der Waals surface area (Å²) in [6, 6.07) is 18.0. The van der Waals surface area contributed by atoms with E-state index in [2.05, 4.69) is 19.9 Å². The Labute approximate surface area is 159 Å². The molecule has 2 nitrogen and oxygen atoms in total. The van der Waals surface area contributed by atoms with E-state index in [9.17, 15) is 4.79 Å². The van der Waals surface area contributed by atoms with Crippen molar-refractivity contribution in [2.75, 3.05) is 4.90 Å². The molecule has 126 valence electrons. The SMILES string of the molecule is CC1(C)c2ssc(=S)c2-c2ccccc2N1C(=O)Cc1ccccc1. The fourth-order valence-corrected chi connectivity index (χ4v) is 6.76. The van der Waals surface area contributed by atoms with Gasteiger partial charge in [0.05, 0.1) is 22.5 Å². The van der Waals surface area contributed by atoms with Gasteiger partial charge in [-0.25, -0.2) is 0 Å². The lowest BCUT2D eigenvalue weighted by Crippen LogP contribution is -2.48. The van der Waals surface area contributed by atoms with Gasteiger partial charge in [0.25, 0.3) is 0 Å². The van der Waals surface area contributed by atoms with Crippen molar-refractivity contribution in [1.29, 1.82) is 0 Å². The highest BCUT2D eigenvalue weighted by Crippen LogP contribution is 2.52. The third kappa shape index (κ3) is 2.67. The molecule has 25 heavy (non-hydrogen) atoms. The lowest BCUT2D eigenvalue weighted by molar-refractivity contribution is -0.119. The van der Waals surface area contributed by atoms with Gasteiger partial charge in [0.1, 0.15) is 3.82 Å². The molecule has 2 heterocycles. The smallest absolute Gasteiger partial charge is 0.232 e. The molecule has 2 aromatic carbocycles. The van der Waals surface area contributed by atoms with E-state index in [-0.39, 0.29) is 5.91 Å². The zero-order valence-corrected chi connectivity index (χ0v) is 16.4.